The van der Waals surface area contributed by atoms with Crippen molar-refractivity contribution in [1.82, 2.24) is 9.78 Å². The number of esters is 1. The molecule has 0 atom stereocenters. The average molecular weight is 210 g/mol. The molecular weight excluding hydrogens is 192 g/mol. The molecule has 0 saturated heterocycles. The Bertz CT molecular complexity index is 307. The molecule has 4 nitrogen and oxygen atoms in total. The molecule has 1 rings (SSSR count). The van der Waals surface area contributed by atoms with Crippen LogP contribution in [0.4, 0.5) is 0 Å². The molecular formula is C11H18N2O2. The summed E-state index contributed by atoms with van der Waals surface area (Å²) in [6.45, 7) is 5.23. The maximum atomic E-state index is 11.3. The van der Waals surface area contributed by atoms with Crippen LogP contribution in [0, 0.1) is 0 Å². The molecule has 4 heteroatoms. The third-order valence-corrected chi connectivity index (χ3v) is 2.14. The van der Waals surface area contributed by atoms with Crippen molar-refractivity contribution < 1.29 is 9.53 Å². The van der Waals surface area contributed by atoms with Crippen molar-refractivity contribution in [2.24, 2.45) is 0 Å². The summed E-state index contributed by atoms with van der Waals surface area (Å²) in [4.78, 5) is 11.3. The van der Waals surface area contributed by atoms with Gasteiger partial charge in [-0.1, -0.05) is 19.8 Å². The fourth-order valence-electron chi connectivity index (χ4n) is 1.33. The van der Waals surface area contributed by atoms with Crippen LogP contribution in [0.2, 0.25) is 0 Å². The summed E-state index contributed by atoms with van der Waals surface area (Å²) in [5.74, 6) is -0.292. The molecule has 84 valence electrons. The minimum Gasteiger partial charge on any atom is -0.462 e. The smallest absolute Gasteiger partial charge is 0.341 e. The van der Waals surface area contributed by atoms with Crippen LogP contribution in [0.15, 0.2) is 12.4 Å². The zero-order chi connectivity index (χ0) is 11.1. The molecule has 0 aliphatic heterocycles. The maximum Gasteiger partial charge on any atom is 0.341 e. The van der Waals surface area contributed by atoms with Crippen molar-refractivity contribution in [3.05, 3.63) is 18.0 Å². The van der Waals surface area contributed by atoms with E-state index in [0.717, 1.165) is 13.0 Å². The quantitative estimate of drug-likeness (QED) is 0.534. The Balaban J connectivity index is 2.45. The normalized spacial score (nSPS) is 10.3. The van der Waals surface area contributed by atoms with Crippen LogP contribution in [0.5, 0.6) is 0 Å². The number of nitrogens with zero attached hydrogens (tertiary/aromatic N) is 2. The Morgan fingerprint density at radius 3 is 2.93 bits per heavy atom. The second-order valence-electron chi connectivity index (χ2n) is 3.42. The molecule has 0 saturated carbocycles. The van der Waals surface area contributed by atoms with Crippen molar-refractivity contribution >= 4 is 5.97 Å². The monoisotopic (exact) mass is 210 g/mol. The standard InChI is InChI=1S/C11H18N2O2/c1-3-5-6-7-13-9-10(8-12-13)11(14)15-4-2/h8-9H,3-7H2,1-2H3. The number of carbonyl (C=O) groups excluding carboxylic acids is 1. The first-order chi connectivity index (χ1) is 7.27. The summed E-state index contributed by atoms with van der Waals surface area (Å²) in [7, 11) is 0. The Hall–Kier alpha value is -1.32. The minimum atomic E-state index is -0.292. The van der Waals surface area contributed by atoms with Gasteiger partial charge in [0.25, 0.3) is 0 Å². The summed E-state index contributed by atoms with van der Waals surface area (Å²) in [5, 5.41) is 4.11. The lowest BCUT2D eigenvalue weighted by Crippen LogP contribution is -2.03. The highest BCUT2D eigenvalue weighted by molar-refractivity contribution is 5.88. The van der Waals surface area contributed by atoms with Gasteiger partial charge in [-0.2, -0.15) is 5.10 Å². The van der Waals surface area contributed by atoms with E-state index in [1.807, 2.05) is 0 Å². The van der Waals surface area contributed by atoms with Crippen LogP contribution < -0.4 is 0 Å². The lowest BCUT2D eigenvalue weighted by molar-refractivity contribution is 0.0526. The number of aromatic nitrogens is 2. The molecule has 1 aromatic heterocycles. The van der Waals surface area contributed by atoms with Crippen molar-refractivity contribution in [3.63, 3.8) is 0 Å². The van der Waals surface area contributed by atoms with Crippen LogP contribution in [-0.4, -0.2) is 22.4 Å². The van der Waals surface area contributed by atoms with Gasteiger partial charge in [0.2, 0.25) is 0 Å². The van der Waals surface area contributed by atoms with Crippen molar-refractivity contribution in [3.8, 4) is 0 Å². The van der Waals surface area contributed by atoms with Gasteiger partial charge in [0.15, 0.2) is 0 Å². The second-order valence-corrected chi connectivity index (χ2v) is 3.42. The summed E-state index contributed by atoms with van der Waals surface area (Å²) in [6, 6.07) is 0. The van der Waals surface area contributed by atoms with Gasteiger partial charge in [0.1, 0.15) is 0 Å². The van der Waals surface area contributed by atoms with E-state index in [0.29, 0.717) is 12.2 Å². The third kappa shape index (κ3) is 3.73. The second kappa shape index (κ2) is 6.22. The van der Waals surface area contributed by atoms with E-state index in [9.17, 15) is 4.79 Å². The number of unbranched alkanes of at least 4 members (excludes halogenated alkanes) is 2. The molecule has 15 heavy (non-hydrogen) atoms. The fourth-order valence-corrected chi connectivity index (χ4v) is 1.33. The van der Waals surface area contributed by atoms with E-state index in [4.69, 9.17) is 4.74 Å². The molecule has 0 aliphatic rings. The van der Waals surface area contributed by atoms with Crippen LogP contribution in [-0.2, 0) is 11.3 Å². The Morgan fingerprint density at radius 1 is 1.47 bits per heavy atom. The molecule has 1 aromatic rings. The van der Waals surface area contributed by atoms with E-state index >= 15 is 0 Å². The van der Waals surface area contributed by atoms with Crippen LogP contribution in [0.25, 0.3) is 0 Å². The molecule has 0 bridgehead atoms. The molecule has 0 spiro atoms. The number of hydrogen-bond acceptors (Lipinski definition) is 3. The summed E-state index contributed by atoms with van der Waals surface area (Å²) in [5.41, 5.74) is 0.536. The van der Waals surface area contributed by atoms with Gasteiger partial charge in [-0.3, -0.25) is 4.68 Å². The first-order valence-corrected chi connectivity index (χ1v) is 5.47. The van der Waals surface area contributed by atoms with Gasteiger partial charge in [0.05, 0.1) is 18.4 Å². The third-order valence-electron chi connectivity index (χ3n) is 2.14. The predicted molar refractivity (Wildman–Crippen MR) is 57.7 cm³/mol. The number of aryl methyl sites for hydroxylation is 1. The number of ether oxygens (including phenoxy) is 1. The number of rotatable bonds is 6. The summed E-state index contributed by atoms with van der Waals surface area (Å²) < 4.78 is 6.67. The lowest BCUT2D eigenvalue weighted by Gasteiger charge is -1.99. The Labute approximate surface area is 90.2 Å². The molecule has 0 unspecified atom stereocenters. The van der Waals surface area contributed by atoms with Gasteiger partial charge in [-0.15, -0.1) is 0 Å². The topological polar surface area (TPSA) is 44.1 Å². The summed E-state index contributed by atoms with van der Waals surface area (Å²) in [6.07, 6.45) is 6.78. The van der Waals surface area contributed by atoms with E-state index in [1.165, 1.54) is 12.8 Å². The average Bonchev–Trinajstić information content (AvgIpc) is 2.67. The van der Waals surface area contributed by atoms with Crippen molar-refractivity contribution in [2.45, 2.75) is 39.7 Å². The van der Waals surface area contributed by atoms with E-state index in [1.54, 1.807) is 24.0 Å². The van der Waals surface area contributed by atoms with E-state index in [2.05, 4.69) is 12.0 Å². The highest BCUT2D eigenvalue weighted by Crippen LogP contribution is 2.03. The fraction of sp³-hybridized carbons (Fsp3) is 0.636. The number of hydrogen-bond donors (Lipinski definition) is 0. The molecule has 0 radical (unpaired) electrons. The van der Waals surface area contributed by atoms with E-state index < -0.39 is 0 Å². The highest BCUT2D eigenvalue weighted by atomic mass is 16.5. The molecule has 0 aliphatic carbocycles. The van der Waals surface area contributed by atoms with E-state index in [-0.39, 0.29) is 5.97 Å². The highest BCUT2D eigenvalue weighted by Gasteiger charge is 2.08. The van der Waals surface area contributed by atoms with Gasteiger partial charge in [-0.25, -0.2) is 4.79 Å². The minimum absolute atomic E-state index is 0.292. The summed E-state index contributed by atoms with van der Waals surface area (Å²) >= 11 is 0. The SMILES string of the molecule is CCCCCn1cc(C(=O)OCC)cn1. The maximum absolute atomic E-state index is 11.3. The zero-order valence-corrected chi connectivity index (χ0v) is 9.40. The lowest BCUT2D eigenvalue weighted by atomic mass is 10.2. The van der Waals surface area contributed by atoms with Gasteiger partial charge < -0.3 is 4.74 Å². The first-order valence-electron chi connectivity index (χ1n) is 5.47. The molecule has 0 fully saturated rings. The number of carbonyl (C=O) groups is 1. The Kier molecular flexibility index (Phi) is 4.87. The van der Waals surface area contributed by atoms with Crippen LogP contribution in [0.1, 0.15) is 43.5 Å². The van der Waals surface area contributed by atoms with Crippen LogP contribution >= 0.6 is 0 Å². The van der Waals surface area contributed by atoms with Crippen molar-refractivity contribution in [2.75, 3.05) is 6.61 Å². The molecule has 0 aromatic carbocycles. The first kappa shape index (κ1) is 11.8. The Morgan fingerprint density at radius 2 is 2.27 bits per heavy atom. The van der Waals surface area contributed by atoms with Gasteiger partial charge in [-0.05, 0) is 13.3 Å². The van der Waals surface area contributed by atoms with Crippen LogP contribution in [0.3, 0.4) is 0 Å². The molecule has 0 N–H and O–H groups in total. The predicted octanol–water partition coefficient (Wildman–Crippen LogP) is 2.25. The van der Waals surface area contributed by atoms with Gasteiger partial charge >= 0.3 is 5.97 Å². The molecule has 0 amide bonds. The zero-order valence-electron chi connectivity index (χ0n) is 9.40. The van der Waals surface area contributed by atoms with Gasteiger partial charge in [0, 0.05) is 12.7 Å². The largest absolute Gasteiger partial charge is 0.462 e. The van der Waals surface area contributed by atoms with Crippen molar-refractivity contribution in [1.29, 1.82) is 0 Å². The molecule has 1 heterocycles.